The number of sulfone groups is 1. The molecule has 1 amide bonds. The van der Waals surface area contributed by atoms with E-state index < -0.39 is 27.3 Å². The molecule has 0 unspecified atom stereocenters. The van der Waals surface area contributed by atoms with Crippen molar-refractivity contribution in [3.8, 4) is 5.69 Å². The van der Waals surface area contributed by atoms with Crippen LogP contribution in [0.3, 0.4) is 0 Å². The first-order chi connectivity index (χ1) is 13.2. The summed E-state index contributed by atoms with van der Waals surface area (Å²) in [6.07, 6.45) is 1.42. The molecule has 11 heteroatoms. The first kappa shape index (κ1) is 18.9. The van der Waals surface area contributed by atoms with Crippen molar-refractivity contribution >= 4 is 44.6 Å². The summed E-state index contributed by atoms with van der Waals surface area (Å²) in [5.74, 6) is -1.57. The van der Waals surface area contributed by atoms with Crippen LogP contribution in [0.1, 0.15) is 22.0 Å². The predicted octanol–water partition coefficient (Wildman–Crippen LogP) is 3.56. The van der Waals surface area contributed by atoms with Gasteiger partial charge < -0.3 is 5.32 Å². The van der Waals surface area contributed by atoms with Gasteiger partial charge in [-0.3, -0.25) is 9.36 Å². The molecule has 144 valence electrons. The number of rotatable bonds is 2. The van der Waals surface area contributed by atoms with Crippen molar-refractivity contribution in [2.24, 2.45) is 0 Å². The summed E-state index contributed by atoms with van der Waals surface area (Å²) in [7, 11) is -3.89. The highest BCUT2D eigenvalue weighted by molar-refractivity contribution is 7.90. The van der Waals surface area contributed by atoms with E-state index in [1.165, 1.54) is 29.0 Å². The lowest BCUT2D eigenvalue weighted by Gasteiger charge is -2.21. The highest BCUT2D eigenvalue weighted by Gasteiger charge is 2.35. The summed E-state index contributed by atoms with van der Waals surface area (Å²) in [6, 6.07) is 5.08. The van der Waals surface area contributed by atoms with Crippen LogP contribution < -0.4 is 5.32 Å². The van der Waals surface area contributed by atoms with Gasteiger partial charge in [0.2, 0.25) is 0 Å². The van der Waals surface area contributed by atoms with Gasteiger partial charge in [0, 0.05) is 11.9 Å². The van der Waals surface area contributed by atoms with Gasteiger partial charge in [-0.15, -0.1) is 0 Å². The summed E-state index contributed by atoms with van der Waals surface area (Å²) in [5.41, 5.74) is 0.655. The van der Waals surface area contributed by atoms with Crippen LogP contribution in [-0.4, -0.2) is 28.9 Å². The molecule has 0 atom stereocenters. The smallest absolute Gasteiger partial charge is 0.276 e. The maximum atomic E-state index is 13.8. The summed E-state index contributed by atoms with van der Waals surface area (Å²) in [4.78, 5) is 20.6. The summed E-state index contributed by atoms with van der Waals surface area (Å²) in [5, 5.41) is 2.57. The number of hydrogen-bond acceptors (Lipinski definition) is 5. The number of fused-ring (bicyclic) bond motifs is 3. The van der Waals surface area contributed by atoms with Crippen molar-refractivity contribution in [2.75, 3.05) is 5.32 Å². The minimum Gasteiger partial charge on any atom is -0.320 e. The molecule has 0 spiro atoms. The molecule has 1 aromatic carbocycles. The zero-order valence-electron chi connectivity index (χ0n) is 14.2. The average Bonchev–Trinajstić information content (AvgIpc) is 2.92. The Kier molecular flexibility index (Phi) is 4.40. The fourth-order valence-electron chi connectivity index (χ4n) is 3.08. The van der Waals surface area contributed by atoms with Gasteiger partial charge in [-0.05, 0) is 31.2 Å². The molecule has 1 N–H and O–H groups in total. The van der Waals surface area contributed by atoms with E-state index in [2.05, 4.69) is 15.3 Å². The summed E-state index contributed by atoms with van der Waals surface area (Å²) in [6.45, 7) is 1.61. The van der Waals surface area contributed by atoms with Gasteiger partial charge in [-0.25, -0.2) is 22.8 Å². The number of nitrogens with zero attached hydrogens (tertiary/aromatic N) is 3. The summed E-state index contributed by atoms with van der Waals surface area (Å²) >= 11 is 11.7. The van der Waals surface area contributed by atoms with Gasteiger partial charge in [0.1, 0.15) is 16.8 Å². The number of nitrogens with one attached hydrogen (secondary N) is 1. The van der Waals surface area contributed by atoms with Crippen molar-refractivity contribution in [3.05, 3.63) is 63.7 Å². The first-order valence-electron chi connectivity index (χ1n) is 7.90. The van der Waals surface area contributed by atoms with Crippen LogP contribution in [-0.2, 0) is 15.6 Å². The Morgan fingerprint density at radius 3 is 2.75 bits per heavy atom. The monoisotopic (exact) mass is 440 g/mol. The normalized spacial score (nSPS) is 14.3. The molecule has 0 radical (unpaired) electrons. The molecule has 0 saturated carbocycles. The van der Waals surface area contributed by atoms with E-state index in [9.17, 15) is 17.6 Å². The zero-order chi connectivity index (χ0) is 20.2. The number of imidazole rings is 1. The molecular weight excluding hydrogens is 430 g/mol. The SMILES string of the molecule is Cc1nc(C(=O)Nc2ccnc(Cl)c2)c2n1-c1cc(Cl)c(F)cc1S(=O)(=O)C2. The number of pyridine rings is 1. The Bertz CT molecular complexity index is 1260. The minimum atomic E-state index is -3.89. The average molecular weight is 441 g/mol. The van der Waals surface area contributed by atoms with Crippen LogP contribution in [0, 0.1) is 12.7 Å². The van der Waals surface area contributed by atoms with Crippen LogP contribution in [0.4, 0.5) is 10.1 Å². The largest absolute Gasteiger partial charge is 0.320 e. The molecule has 28 heavy (non-hydrogen) atoms. The molecule has 0 fully saturated rings. The van der Waals surface area contributed by atoms with Crippen molar-refractivity contribution < 1.29 is 17.6 Å². The highest BCUT2D eigenvalue weighted by Crippen LogP contribution is 2.36. The van der Waals surface area contributed by atoms with E-state index in [0.717, 1.165) is 6.07 Å². The third kappa shape index (κ3) is 3.05. The number of halogens is 3. The third-order valence-corrected chi connectivity index (χ3v) is 6.39. The van der Waals surface area contributed by atoms with Crippen LogP contribution in [0.15, 0.2) is 35.4 Å². The van der Waals surface area contributed by atoms with Crippen molar-refractivity contribution in [1.82, 2.24) is 14.5 Å². The molecule has 2 aromatic heterocycles. The molecule has 1 aliphatic heterocycles. The quantitative estimate of drug-likeness (QED) is 0.614. The second-order valence-corrected chi connectivity index (χ2v) is 8.86. The van der Waals surface area contributed by atoms with E-state index in [-0.39, 0.29) is 32.1 Å². The third-order valence-electron chi connectivity index (χ3n) is 4.24. The van der Waals surface area contributed by atoms with Gasteiger partial charge in [0.25, 0.3) is 5.91 Å². The molecule has 4 rings (SSSR count). The number of amides is 1. The van der Waals surface area contributed by atoms with Crippen molar-refractivity contribution in [1.29, 1.82) is 0 Å². The molecule has 0 aliphatic carbocycles. The lowest BCUT2D eigenvalue weighted by molar-refractivity contribution is 0.102. The van der Waals surface area contributed by atoms with Crippen molar-refractivity contribution in [3.63, 3.8) is 0 Å². The fraction of sp³-hybridized carbons (Fsp3) is 0.118. The van der Waals surface area contributed by atoms with E-state index in [4.69, 9.17) is 23.2 Å². The minimum absolute atomic E-state index is 0.0555. The lowest BCUT2D eigenvalue weighted by atomic mass is 10.2. The number of benzene rings is 1. The number of aryl methyl sites for hydroxylation is 1. The molecule has 0 bridgehead atoms. The van der Waals surface area contributed by atoms with Gasteiger partial charge in [-0.1, -0.05) is 23.2 Å². The van der Waals surface area contributed by atoms with Gasteiger partial charge in [0.05, 0.1) is 27.1 Å². The topological polar surface area (TPSA) is 93.9 Å². The number of anilines is 1. The number of carbonyl (C=O) groups is 1. The lowest BCUT2D eigenvalue weighted by Crippen LogP contribution is -2.22. The second-order valence-electron chi connectivity index (χ2n) is 6.10. The molecule has 0 saturated heterocycles. The van der Waals surface area contributed by atoms with Gasteiger partial charge in [0.15, 0.2) is 15.5 Å². The van der Waals surface area contributed by atoms with Crippen LogP contribution in [0.5, 0.6) is 0 Å². The molecule has 3 heterocycles. The fourth-order valence-corrected chi connectivity index (χ4v) is 4.95. The number of aromatic nitrogens is 3. The van der Waals surface area contributed by atoms with E-state index in [1.807, 2.05) is 0 Å². The van der Waals surface area contributed by atoms with Crippen LogP contribution in [0.2, 0.25) is 10.2 Å². The van der Waals surface area contributed by atoms with Gasteiger partial charge >= 0.3 is 0 Å². The van der Waals surface area contributed by atoms with E-state index >= 15 is 0 Å². The predicted molar refractivity (Wildman–Crippen MR) is 101 cm³/mol. The molecule has 3 aromatic rings. The maximum absolute atomic E-state index is 13.8. The highest BCUT2D eigenvalue weighted by atomic mass is 35.5. The Hall–Kier alpha value is -2.49. The second kappa shape index (κ2) is 6.54. The zero-order valence-corrected chi connectivity index (χ0v) is 16.5. The number of hydrogen-bond donors (Lipinski definition) is 1. The number of carbonyl (C=O) groups excluding carboxylic acids is 1. The summed E-state index contributed by atoms with van der Waals surface area (Å²) < 4.78 is 40.7. The Morgan fingerprint density at radius 2 is 2.04 bits per heavy atom. The first-order valence-corrected chi connectivity index (χ1v) is 10.3. The molecular formula is C17H11Cl2FN4O3S. The van der Waals surface area contributed by atoms with Crippen molar-refractivity contribution in [2.45, 2.75) is 17.6 Å². The Labute approximate surface area is 169 Å². The standard InChI is InChI=1S/C17H11Cl2FN4O3S/c1-8-22-16(17(25)23-9-2-3-21-15(19)4-9)13-7-28(26,27)14-6-11(20)10(18)5-12(14)24(8)13/h2-6H,7H2,1H3,(H,21,23,25). The molecule has 1 aliphatic rings. The molecule has 7 nitrogen and oxygen atoms in total. The van der Waals surface area contributed by atoms with Gasteiger partial charge in [-0.2, -0.15) is 0 Å². The van der Waals surface area contributed by atoms with Crippen LogP contribution in [0.25, 0.3) is 5.69 Å². The Balaban J connectivity index is 1.85. The maximum Gasteiger partial charge on any atom is 0.276 e. The van der Waals surface area contributed by atoms with E-state index in [0.29, 0.717) is 11.5 Å². The van der Waals surface area contributed by atoms with Crippen LogP contribution >= 0.6 is 23.2 Å². The van der Waals surface area contributed by atoms with E-state index in [1.54, 1.807) is 6.92 Å². The Morgan fingerprint density at radius 1 is 1.29 bits per heavy atom.